The number of hydrogen-bond acceptors (Lipinski definition) is 4. The molecule has 2 aromatic carbocycles. The Bertz CT molecular complexity index is 2430. The molecule has 0 saturated heterocycles. The van der Waals surface area contributed by atoms with Crippen molar-refractivity contribution >= 4 is 44.7 Å². The van der Waals surface area contributed by atoms with Gasteiger partial charge in [-0.2, -0.15) is 0 Å². The number of fused-ring (bicyclic) bond motifs is 3. The van der Waals surface area contributed by atoms with Gasteiger partial charge in [-0.15, -0.1) is 17.9 Å². The van der Waals surface area contributed by atoms with Crippen molar-refractivity contribution in [3.63, 3.8) is 0 Å². The maximum Gasteiger partial charge on any atom is 0.246 e. The molecule has 5 heteroatoms. The molecule has 0 radical (unpaired) electrons. The number of nitrogens with zero attached hydrogens (tertiary/aromatic N) is 2. The molecule has 1 aromatic heterocycles. The molecule has 0 fully saturated rings. The van der Waals surface area contributed by atoms with Crippen LogP contribution in [0.3, 0.4) is 0 Å². The van der Waals surface area contributed by atoms with Crippen LogP contribution in [0.25, 0.3) is 10.1 Å². The van der Waals surface area contributed by atoms with Crippen molar-refractivity contribution < 1.29 is 0 Å². The molecule has 0 saturated carbocycles. The molecule has 3 unspecified atom stereocenters. The first kappa shape index (κ1) is 48.7. The molecule has 0 spiro atoms. The predicted molar refractivity (Wildman–Crippen MR) is 289 cm³/mol. The lowest BCUT2D eigenvalue weighted by Gasteiger charge is -2.44. The van der Waals surface area contributed by atoms with Gasteiger partial charge in [0.1, 0.15) is 0 Å². The first-order valence-electron chi connectivity index (χ1n) is 25.2. The Kier molecular flexibility index (Phi) is 14.9. The summed E-state index contributed by atoms with van der Waals surface area (Å²) in [6.45, 7) is 36.7. The Labute approximate surface area is 400 Å². The summed E-state index contributed by atoms with van der Waals surface area (Å²) in [6.07, 6.45) is 32.9. The molecule has 0 amide bonds. The molecule has 65 heavy (non-hydrogen) atoms. The van der Waals surface area contributed by atoms with E-state index in [1.165, 1.54) is 86.1 Å². The summed E-state index contributed by atoms with van der Waals surface area (Å²) in [4.78, 5) is 5.20. The summed E-state index contributed by atoms with van der Waals surface area (Å²) in [6, 6.07) is 12.8. The minimum absolute atomic E-state index is 0.00324. The third-order valence-corrected chi connectivity index (χ3v) is 15.7. The van der Waals surface area contributed by atoms with Crippen LogP contribution in [0.15, 0.2) is 131 Å². The average molecular weight is 888 g/mol. The molecule has 7 rings (SSSR count). The van der Waals surface area contributed by atoms with E-state index in [4.69, 9.17) is 0 Å². The number of nitrogens with one attached hydrogen (secondary N) is 1. The zero-order chi connectivity index (χ0) is 46.8. The fourth-order valence-electron chi connectivity index (χ4n) is 10.6. The molecule has 346 valence electrons. The second kappa shape index (κ2) is 19.9. The summed E-state index contributed by atoms with van der Waals surface area (Å²) in [5.74, 6) is 1.86. The van der Waals surface area contributed by atoms with Gasteiger partial charge in [0.05, 0.1) is 6.04 Å². The lowest BCUT2D eigenvalue weighted by molar-refractivity contribution is 0.366. The van der Waals surface area contributed by atoms with E-state index in [2.05, 4.69) is 208 Å². The second-order valence-corrected chi connectivity index (χ2v) is 24.2. The Morgan fingerprint density at radius 3 is 2.32 bits per heavy atom. The number of rotatable bonds is 15. The molecule has 3 aliphatic carbocycles. The van der Waals surface area contributed by atoms with Crippen molar-refractivity contribution in [3.05, 3.63) is 148 Å². The molecule has 3 nitrogen and oxygen atoms in total. The summed E-state index contributed by atoms with van der Waals surface area (Å²) >= 11 is 1.95. The topological polar surface area (TPSA) is 18.5 Å². The van der Waals surface area contributed by atoms with Gasteiger partial charge in [-0.05, 0) is 160 Å². The van der Waals surface area contributed by atoms with Gasteiger partial charge >= 0.3 is 0 Å². The first-order valence-corrected chi connectivity index (χ1v) is 26.1. The van der Waals surface area contributed by atoms with Crippen LogP contribution >= 0.6 is 11.3 Å². The van der Waals surface area contributed by atoms with E-state index in [0.717, 1.165) is 38.8 Å². The van der Waals surface area contributed by atoms with Gasteiger partial charge in [0.25, 0.3) is 0 Å². The van der Waals surface area contributed by atoms with Crippen LogP contribution in [0.1, 0.15) is 170 Å². The van der Waals surface area contributed by atoms with Crippen molar-refractivity contribution in [2.24, 2.45) is 16.7 Å². The van der Waals surface area contributed by atoms with Gasteiger partial charge in [-0.3, -0.25) is 0 Å². The molecular formula is C60H82BN3S. The molecule has 3 atom stereocenters. The second-order valence-electron chi connectivity index (χ2n) is 23.3. The molecule has 1 aliphatic heterocycles. The average Bonchev–Trinajstić information content (AvgIpc) is 3.67. The van der Waals surface area contributed by atoms with Crippen molar-refractivity contribution in [2.45, 2.75) is 165 Å². The van der Waals surface area contributed by atoms with Crippen LogP contribution in [0.4, 0.5) is 5.69 Å². The maximum atomic E-state index is 4.25. The quantitative estimate of drug-likeness (QED) is 0.121. The van der Waals surface area contributed by atoms with E-state index in [9.17, 15) is 0 Å². The van der Waals surface area contributed by atoms with Crippen molar-refractivity contribution in [1.82, 2.24) is 10.2 Å². The number of anilines is 1. The summed E-state index contributed by atoms with van der Waals surface area (Å²) in [5.41, 5.74) is 15.7. The van der Waals surface area contributed by atoms with E-state index in [1.54, 1.807) is 11.1 Å². The van der Waals surface area contributed by atoms with Crippen molar-refractivity contribution in [2.75, 3.05) is 18.0 Å². The van der Waals surface area contributed by atoms with Gasteiger partial charge in [0, 0.05) is 40.6 Å². The van der Waals surface area contributed by atoms with Crippen LogP contribution in [0, 0.1) is 16.7 Å². The number of thiophene rings is 1. The highest BCUT2D eigenvalue weighted by atomic mass is 32.1. The van der Waals surface area contributed by atoms with Crippen molar-refractivity contribution in [3.8, 4) is 0 Å². The maximum absolute atomic E-state index is 4.25. The van der Waals surface area contributed by atoms with Crippen LogP contribution in [-0.4, -0.2) is 30.7 Å². The number of hydrogen-bond donors (Lipinski definition) is 1. The van der Waals surface area contributed by atoms with E-state index in [-0.39, 0.29) is 29.0 Å². The minimum Gasteiger partial charge on any atom is -0.388 e. The Morgan fingerprint density at radius 2 is 1.69 bits per heavy atom. The van der Waals surface area contributed by atoms with Gasteiger partial charge in [0.15, 0.2) is 0 Å². The highest BCUT2D eigenvalue weighted by Crippen LogP contribution is 2.43. The van der Waals surface area contributed by atoms with Crippen LogP contribution < -0.4 is 21.1 Å². The van der Waals surface area contributed by atoms with Crippen LogP contribution in [0.5, 0.6) is 0 Å². The summed E-state index contributed by atoms with van der Waals surface area (Å²) in [7, 11) is 0. The van der Waals surface area contributed by atoms with E-state index in [1.807, 2.05) is 11.3 Å². The fraction of sp³-hybridized carbons (Fsp3) is 0.500. The highest BCUT2D eigenvalue weighted by molar-refractivity contribution is 7.19. The van der Waals surface area contributed by atoms with Gasteiger partial charge in [0.2, 0.25) is 6.71 Å². The van der Waals surface area contributed by atoms with E-state index >= 15 is 0 Å². The lowest BCUT2D eigenvalue weighted by Crippen LogP contribution is -2.55. The Hall–Kier alpha value is -4.22. The molecule has 3 aromatic rings. The molecule has 0 bridgehead atoms. The molecule has 2 heterocycles. The van der Waals surface area contributed by atoms with Crippen LogP contribution in [0.2, 0.25) is 0 Å². The van der Waals surface area contributed by atoms with Gasteiger partial charge < -0.3 is 15.1 Å². The molecule has 1 N–H and O–H groups in total. The number of allylic oxidation sites excluding steroid dienone is 8. The zero-order valence-corrected chi connectivity index (χ0v) is 43.5. The van der Waals surface area contributed by atoms with Crippen molar-refractivity contribution in [1.29, 1.82) is 0 Å². The summed E-state index contributed by atoms with van der Waals surface area (Å²) < 4.78 is 1.42. The number of benzene rings is 2. The zero-order valence-electron chi connectivity index (χ0n) is 42.7. The standard InChI is InChI=1S/C60H82BN3S/c1-15-34-63(47-20-17-16-18-21-47)44(6)35-56-53(39-62-33-19-31-58(7,8)9)61(54-40-65-57-38-50-43(5)23-22-42(4)49(50)37-51(54)57)52-36-46(59(10,11)12)26-29-55(52)64(56)48-27-24-45(25-28-48)60(13,14)32-30-41(2)3/h15,17,19-21,24-27,29,33,35-38,40-43,48,62H,1,16,18,22-23,28,30-32,34,39H2,2-14H3/b33-19+,44-35+. The minimum atomic E-state index is -0.00324. The van der Waals surface area contributed by atoms with E-state index in [0.29, 0.717) is 17.8 Å². The Morgan fingerprint density at radius 1 is 0.954 bits per heavy atom. The smallest absolute Gasteiger partial charge is 0.246 e. The van der Waals surface area contributed by atoms with Crippen LogP contribution in [-0.2, 0) is 5.41 Å². The van der Waals surface area contributed by atoms with Gasteiger partial charge in [-0.1, -0.05) is 156 Å². The highest BCUT2D eigenvalue weighted by Gasteiger charge is 2.41. The monoisotopic (exact) mass is 888 g/mol. The molecular weight excluding hydrogens is 806 g/mol. The third-order valence-electron chi connectivity index (χ3n) is 14.8. The Balaban J connectivity index is 1.50. The SMILES string of the molecule is C=CCN(C1=CCCC=C1)/C(C)=C/C1=C(CN/C=C/CC(C)(C)C)B(c2csc3cc4c(cc23)C(C)CCC4C)c2cc(C(C)(C)C)ccc2N1C1C=CC(C(C)(C)CCC(C)C)=CC1. The first-order chi connectivity index (χ1) is 30.8. The van der Waals surface area contributed by atoms with E-state index < -0.39 is 0 Å². The largest absolute Gasteiger partial charge is 0.388 e. The third kappa shape index (κ3) is 11.0. The normalized spacial score (nSPS) is 20.7. The predicted octanol–water partition coefficient (Wildman–Crippen LogP) is 15.3. The van der Waals surface area contributed by atoms with Gasteiger partial charge in [-0.25, -0.2) is 0 Å². The lowest BCUT2D eigenvalue weighted by atomic mass is 9.34. The summed E-state index contributed by atoms with van der Waals surface area (Å²) in [5, 5.41) is 7.89. The molecule has 4 aliphatic rings. The fourth-order valence-corrected chi connectivity index (χ4v) is 11.6.